The Morgan fingerprint density at radius 1 is 1.75 bits per heavy atom. The molecule has 0 aliphatic rings. The topological polar surface area (TPSA) is 64.4 Å². The molecule has 0 spiro atoms. The molecule has 0 aromatic carbocycles. The fourth-order valence-corrected chi connectivity index (χ4v) is 1.50. The molecule has 0 saturated carbocycles. The van der Waals surface area contributed by atoms with E-state index in [1.54, 1.807) is 0 Å². The second-order valence-corrected chi connectivity index (χ2v) is 2.89. The monoisotopic (exact) mass is 234 g/mol. The summed E-state index contributed by atoms with van der Waals surface area (Å²) in [6.07, 6.45) is 0. The van der Waals surface area contributed by atoms with Crippen LogP contribution in [-0.4, -0.2) is 28.0 Å². The molecule has 0 aliphatic heterocycles. The van der Waals surface area contributed by atoms with Crippen molar-refractivity contribution in [2.45, 2.75) is 0 Å². The Morgan fingerprint density at radius 2 is 2.33 bits per heavy atom. The van der Waals surface area contributed by atoms with Crippen molar-refractivity contribution < 1.29 is 14.6 Å². The molecule has 5 nitrogen and oxygen atoms in total. The molecule has 66 valence electrons. The first-order valence-electron chi connectivity index (χ1n) is 3.07. The van der Waals surface area contributed by atoms with E-state index in [2.05, 4.69) is 21.0 Å². The van der Waals surface area contributed by atoms with E-state index in [4.69, 9.17) is 9.84 Å². The highest BCUT2D eigenvalue weighted by Crippen LogP contribution is 2.26. The lowest BCUT2D eigenvalue weighted by Gasteiger charge is -1.92. The summed E-state index contributed by atoms with van der Waals surface area (Å²) in [7, 11) is 2.97. The van der Waals surface area contributed by atoms with Gasteiger partial charge >= 0.3 is 5.97 Å². The zero-order valence-electron chi connectivity index (χ0n) is 6.54. The van der Waals surface area contributed by atoms with Crippen LogP contribution < -0.4 is 4.74 Å². The third kappa shape index (κ3) is 1.29. The van der Waals surface area contributed by atoms with Gasteiger partial charge in [0.05, 0.1) is 7.11 Å². The van der Waals surface area contributed by atoms with E-state index in [9.17, 15) is 4.79 Å². The van der Waals surface area contributed by atoms with Crippen molar-refractivity contribution in [3.8, 4) is 5.88 Å². The van der Waals surface area contributed by atoms with Gasteiger partial charge in [0, 0.05) is 7.05 Å². The summed E-state index contributed by atoms with van der Waals surface area (Å²) in [6, 6.07) is 0. The van der Waals surface area contributed by atoms with E-state index >= 15 is 0 Å². The number of methoxy groups -OCH3 is 1. The van der Waals surface area contributed by atoms with Crippen LogP contribution in [0.1, 0.15) is 10.5 Å². The summed E-state index contributed by atoms with van der Waals surface area (Å²) in [5.41, 5.74) is 0.0758. The Morgan fingerprint density at radius 3 is 2.58 bits per heavy atom. The molecule has 0 radical (unpaired) electrons. The van der Waals surface area contributed by atoms with Gasteiger partial charge < -0.3 is 9.84 Å². The normalized spacial score (nSPS) is 9.92. The molecule has 1 aromatic heterocycles. The van der Waals surface area contributed by atoms with Crippen LogP contribution in [-0.2, 0) is 7.05 Å². The van der Waals surface area contributed by atoms with Crippen LogP contribution in [0.15, 0.2) is 4.47 Å². The van der Waals surface area contributed by atoms with E-state index in [1.807, 2.05) is 0 Å². The third-order valence-corrected chi connectivity index (χ3v) is 2.07. The molecule has 0 unspecified atom stereocenters. The van der Waals surface area contributed by atoms with Crippen molar-refractivity contribution >= 4 is 21.9 Å². The van der Waals surface area contributed by atoms with Crippen LogP contribution in [0.5, 0.6) is 5.88 Å². The van der Waals surface area contributed by atoms with Crippen LogP contribution >= 0.6 is 15.9 Å². The fraction of sp³-hybridized carbons (Fsp3) is 0.333. The van der Waals surface area contributed by atoms with Crippen molar-refractivity contribution in [3.05, 3.63) is 10.2 Å². The third-order valence-electron chi connectivity index (χ3n) is 1.36. The highest BCUT2D eigenvalue weighted by atomic mass is 79.9. The minimum atomic E-state index is -1.04. The zero-order chi connectivity index (χ0) is 9.30. The molecule has 0 atom stereocenters. The molecule has 0 aliphatic carbocycles. The van der Waals surface area contributed by atoms with Gasteiger partial charge in [0.25, 0.3) is 0 Å². The van der Waals surface area contributed by atoms with Crippen molar-refractivity contribution in [1.29, 1.82) is 0 Å². The lowest BCUT2D eigenvalue weighted by Crippen LogP contribution is -2.05. The Labute approximate surface area is 77.1 Å². The van der Waals surface area contributed by atoms with Crippen molar-refractivity contribution in [3.63, 3.8) is 0 Å². The number of nitrogens with zero attached hydrogens (tertiary/aromatic N) is 2. The first kappa shape index (κ1) is 9.05. The predicted molar refractivity (Wildman–Crippen MR) is 44.4 cm³/mol. The first-order chi connectivity index (χ1) is 5.57. The summed E-state index contributed by atoms with van der Waals surface area (Å²) < 4.78 is 6.42. The molecule has 12 heavy (non-hydrogen) atoms. The van der Waals surface area contributed by atoms with Crippen molar-refractivity contribution in [2.24, 2.45) is 7.05 Å². The van der Waals surface area contributed by atoms with Crippen molar-refractivity contribution in [2.75, 3.05) is 7.11 Å². The average molecular weight is 235 g/mol. The smallest absolute Gasteiger partial charge is 0.355 e. The Hall–Kier alpha value is -1.04. The van der Waals surface area contributed by atoms with Crippen LogP contribution in [0.2, 0.25) is 0 Å². The van der Waals surface area contributed by atoms with Crippen LogP contribution in [0, 0.1) is 0 Å². The standard InChI is InChI=1S/C6H7BrN2O3/c1-9-4(6(10)11)3(7)5(8-9)12-2/h1-2H3,(H,10,11). The van der Waals surface area contributed by atoms with Crippen LogP contribution in [0.25, 0.3) is 0 Å². The summed E-state index contributed by atoms with van der Waals surface area (Å²) in [5.74, 6) is -0.768. The molecule has 0 bridgehead atoms. The number of ether oxygens (including phenoxy) is 1. The van der Waals surface area contributed by atoms with Gasteiger partial charge in [-0.2, -0.15) is 0 Å². The average Bonchev–Trinajstić information content (AvgIpc) is 2.25. The van der Waals surface area contributed by atoms with Gasteiger partial charge in [-0.05, 0) is 15.9 Å². The zero-order valence-corrected chi connectivity index (χ0v) is 8.12. The molecule has 0 fully saturated rings. The summed E-state index contributed by atoms with van der Waals surface area (Å²) in [6.45, 7) is 0. The second-order valence-electron chi connectivity index (χ2n) is 2.10. The molecule has 1 rings (SSSR count). The molecule has 1 N–H and O–H groups in total. The maximum absolute atomic E-state index is 10.6. The van der Waals surface area contributed by atoms with Gasteiger partial charge in [0.2, 0.25) is 5.88 Å². The lowest BCUT2D eigenvalue weighted by molar-refractivity contribution is 0.0684. The number of hydrogen-bond acceptors (Lipinski definition) is 3. The number of hydrogen-bond donors (Lipinski definition) is 1. The minimum Gasteiger partial charge on any atom is -0.479 e. The SMILES string of the molecule is COc1nn(C)c(C(=O)O)c1Br. The van der Waals surface area contributed by atoms with Gasteiger partial charge in [-0.3, -0.25) is 4.68 Å². The molecule has 6 heteroatoms. The fourth-order valence-electron chi connectivity index (χ4n) is 0.836. The number of aromatic carboxylic acids is 1. The Bertz CT molecular complexity index is 321. The van der Waals surface area contributed by atoms with Crippen LogP contribution in [0.3, 0.4) is 0 Å². The molecule has 0 saturated heterocycles. The van der Waals surface area contributed by atoms with Crippen LogP contribution in [0.4, 0.5) is 0 Å². The Kier molecular flexibility index (Phi) is 2.37. The maximum atomic E-state index is 10.6. The lowest BCUT2D eigenvalue weighted by atomic mass is 10.4. The predicted octanol–water partition coefficient (Wildman–Crippen LogP) is 0.889. The number of aryl methyl sites for hydroxylation is 1. The van der Waals surface area contributed by atoms with E-state index in [0.717, 1.165) is 0 Å². The van der Waals surface area contributed by atoms with Gasteiger partial charge in [-0.15, -0.1) is 5.10 Å². The number of aromatic nitrogens is 2. The van der Waals surface area contributed by atoms with Crippen molar-refractivity contribution in [1.82, 2.24) is 9.78 Å². The number of carboxylic acid groups (broad SMARTS) is 1. The van der Waals surface area contributed by atoms with Gasteiger partial charge in [0.1, 0.15) is 4.47 Å². The van der Waals surface area contributed by atoms with E-state index < -0.39 is 5.97 Å². The van der Waals surface area contributed by atoms with Gasteiger partial charge in [-0.25, -0.2) is 4.79 Å². The summed E-state index contributed by atoms with van der Waals surface area (Å²) >= 11 is 3.07. The highest BCUT2D eigenvalue weighted by molar-refractivity contribution is 9.10. The largest absolute Gasteiger partial charge is 0.479 e. The molecule has 1 heterocycles. The van der Waals surface area contributed by atoms with E-state index in [-0.39, 0.29) is 11.6 Å². The molecule has 1 aromatic rings. The number of carboxylic acids is 1. The Balaban J connectivity index is 3.28. The van der Waals surface area contributed by atoms with E-state index in [0.29, 0.717) is 4.47 Å². The quantitative estimate of drug-likeness (QED) is 0.826. The van der Waals surface area contributed by atoms with E-state index in [1.165, 1.54) is 18.8 Å². The minimum absolute atomic E-state index is 0.0758. The van der Waals surface area contributed by atoms with Gasteiger partial charge in [0.15, 0.2) is 5.69 Å². The van der Waals surface area contributed by atoms with Gasteiger partial charge in [-0.1, -0.05) is 0 Å². The summed E-state index contributed by atoms with van der Waals surface area (Å²) in [5, 5.41) is 12.5. The molecular formula is C6H7BrN2O3. The maximum Gasteiger partial charge on any atom is 0.355 e. The summed E-state index contributed by atoms with van der Waals surface area (Å²) in [4.78, 5) is 10.6. The molecular weight excluding hydrogens is 228 g/mol. The molecule has 0 amide bonds. The number of carbonyl (C=O) groups is 1. The number of halogens is 1. The second kappa shape index (κ2) is 3.14. The first-order valence-corrected chi connectivity index (χ1v) is 3.87. The number of rotatable bonds is 2. The highest BCUT2D eigenvalue weighted by Gasteiger charge is 2.19.